The van der Waals surface area contributed by atoms with Gasteiger partial charge in [0.15, 0.2) is 0 Å². The van der Waals surface area contributed by atoms with Gasteiger partial charge in [0, 0.05) is 20.6 Å². The summed E-state index contributed by atoms with van der Waals surface area (Å²) in [6, 6.07) is 16.4. The monoisotopic (exact) mass is 528 g/mol. The third kappa shape index (κ3) is 4.97. The first kappa shape index (κ1) is 22.7. The number of anilines is 1. The summed E-state index contributed by atoms with van der Waals surface area (Å²) in [6.07, 6.45) is 1.33. The molecule has 0 aliphatic carbocycles. The van der Waals surface area contributed by atoms with Crippen molar-refractivity contribution in [3.8, 4) is 5.75 Å². The number of carbonyl (C=O) groups excluding carboxylic acids is 3. The van der Waals surface area contributed by atoms with Crippen molar-refractivity contribution < 1.29 is 23.5 Å². The Hall–Kier alpha value is -3.49. The van der Waals surface area contributed by atoms with Crippen LogP contribution >= 0.6 is 27.5 Å². The van der Waals surface area contributed by atoms with Crippen LogP contribution in [0.25, 0.3) is 6.08 Å². The summed E-state index contributed by atoms with van der Waals surface area (Å²) >= 11 is 9.24. The van der Waals surface area contributed by atoms with Gasteiger partial charge in [-0.1, -0.05) is 45.7 Å². The van der Waals surface area contributed by atoms with Gasteiger partial charge in [-0.25, -0.2) is 14.1 Å². The Balaban J connectivity index is 1.68. The van der Waals surface area contributed by atoms with Crippen molar-refractivity contribution >= 4 is 57.1 Å². The standard InChI is InChI=1S/C24H15BrClFN2O4/c25-16-5-10-21(33-13-14-3-1-2-4-20(14)27)15(11-16)12-19-22(30)28-24(32)29(23(19)31)18-8-6-17(26)7-9-18/h1-12H,13H2,(H,28,30,32)/b19-12+. The molecular weight excluding hydrogens is 515 g/mol. The number of ether oxygens (including phenoxy) is 1. The lowest BCUT2D eigenvalue weighted by molar-refractivity contribution is -0.122. The van der Waals surface area contributed by atoms with Crippen LogP contribution in [-0.2, 0) is 16.2 Å². The van der Waals surface area contributed by atoms with Crippen LogP contribution in [0.3, 0.4) is 0 Å². The van der Waals surface area contributed by atoms with Crippen molar-refractivity contribution in [1.82, 2.24) is 5.32 Å². The van der Waals surface area contributed by atoms with Gasteiger partial charge in [-0.05, 0) is 54.6 Å². The molecular formula is C24H15BrClFN2O4. The van der Waals surface area contributed by atoms with E-state index in [1.54, 1.807) is 36.4 Å². The van der Waals surface area contributed by atoms with Gasteiger partial charge in [0.2, 0.25) is 0 Å². The van der Waals surface area contributed by atoms with Crippen LogP contribution in [0.5, 0.6) is 5.75 Å². The van der Waals surface area contributed by atoms with Crippen molar-refractivity contribution in [3.05, 3.63) is 98.7 Å². The van der Waals surface area contributed by atoms with E-state index in [-0.39, 0.29) is 17.9 Å². The molecule has 4 rings (SSSR count). The van der Waals surface area contributed by atoms with Crippen molar-refractivity contribution in [2.24, 2.45) is 0 Å². The minimum absolute atomic E-state index is 0.0555. The Labute approximate surface area is 201 Å². The molecule has 0 aromatic heterocycles. The number of amides is 4. The molecule has 6 nitrogen and oxygen atoms in total. The first-order valence-corrected chi connectivity index (χ1v) is 10.8. The summed E-state index contributed by atoms with van der Waals surface area (Å²) in [5.74, 6) is -1.72. The fourth-order valence-corrected chi connectivity index (χ4v) is 3.68. The van der Waals surface area contributed by atoms with Crippen molar-refractivity contribution in [1.29, 1.82) is 0 Å². The average Bonchev–Trinajstić information content (AvgIpc) is 2.78. The number of benzene rings is 3. The lowest BCUT2D eigenvalue weighted by Gasteiger charge is -2.26. The predicted molar refractivity (Wildman–Crippen MR) is 125 cm³/mol. The number of urea groups is 1. The van der Waals surface area contributed by atoms with E-state index in [1.807, 2.05) is 0 Å². The van der Waals surface area contributed by atoms with Gasteiger partial charge in [0.1, 0.15) is 23.7 Å². The van der Waals surface area contributed by atoms with Crippen LogP contribution in [0.2, 0.25) is 5.02 Å². The molecule has 9 heteroatoms. The number of imide groups is 2. The fraction of sp³-hybridized carbons (Fsp3) is 0.0417. The van der Waals surface area contributed by atoms with Crippen LogP contribution in [0.15, 0.2) is 76.8 Å². The molecule has 0 atom stereocenters. The molecule has 1 aliphatic rings. The Kier molecular flexibility index (Phi) is 6.57. The normalized spacial score (nSPS) is 15.1. The summed E-state index contributed by atoms with van der Waals surface area (Å²) in [7, 11) is 0. The molecule has 4 amide bonds. The second-order valence-corrected chi connectivity index (χ2v) is 8.35. The van der Waals surface area contributed by atoms with Gasteiger partial charge in [0.05, 0.1) is 5.69 Å². The quantitative estimate of drug-likeness (QED) is 0.350. The lowest BCUT2D eigenvalue weighted by atomic mass is 10.1. The Morgan fingerprint density at radius 3 is 2.48 bits per heavy atom. The molecule has 0 spiro atoms. The van der Waals surface area contributed by atoms with Gasteiger partial charge >= 0.3 is 6.03 Å². The number of rotatable bonds is 5. The van der Waals surface area contributed by atoms with Crippen molar-refractivity contribution in [3.63, 3.8) is 0 Å². The highest BCUT2D eigenvalue weighted by atomic mass is 79.9. The SMILES string of the molecule is O=C1NC(=O)N(c2ccc(Cl)cc2)C(=O)/C1=C/c1cc(Br)ccc1OCc1ccccc1F. The fourth-order valence-electron chi connectivity index (χ4n) is 3.17. The molecule has 33 heavy (non-hydrogen) atoms. The molecule has 3 aromatic rings. The maximum absolute atomic E-state index is 14.0. The molecule has 0 unspecified atom stereocenters. The zero-order valence-electron chi connectivity index (χ0n) is 16.8. The van der Waals surface area contributed by atoms with Gasteiger partial charge < -0.3 is 4.74 Å². The number of nitrogens with zero attached hydrogens (tertiary/aromatic N) is 1. The first-order chi connectivity index (χ1) is 15.8. The highest BCUT2D eigenvalue weighted by Crippen LogP contribution is 2.29. The van der Waals surface area contributed by atoms with E-state index < -0.39 is 23.7 Å². The number of hydrogen-bond donors (Lipinski definition) is 1. The number of barbiturate groups is 1. The van der Waals surface area contributed by atoms with Crippen LogP contribution < -0.4 is 15.0 Å². The van der Waals surface area contributed by atoms with Crippen LogP contribution in [0.1, 0.15) is 11.1 Å². The minimum Gasteiger partial charge on any atom is -0.488 e. The maximum Gasteiger partial charge on any atom is 0.335 e. The Morgan fingerprint density at radius 1 is 1.03 bits per heavy atom. The molecule has 1 N–H and O–H groups in total. The highest BCUT2D eigenvalue weighted by molar-refractivity contribution is 9.10. The summed E-state index contributed by atoms with van der Waals surface area (Å²) in [5.41, 5.74) is 0.735. The third-order valence-corrected chi connectivity index (χ3v) is 5.54. The third-order valence-electron chi connectivity index (χ3n) is 4.80. The predicted octanol–water partition coefficient (Wildman–Crippen LogP) is 5.49. The van der Waals surface area contributed by atoms with Gasteiger partial charge in [-0.3, -0.25) is 14.9 Å². The van der Waals surface area contributed by atoms with E-state index in [2.05, 4.69) is 21.2 Å². The number of carbonyl (C=O) groups is 3. The smallest absolute Gasteiger partial charge is 0.335 e. The second kappa shape index (κ2) is 9.56. The summed E-state index contributed by atoms with van der Waals surface area (Å²) in [4.78, 5) is 38.8. The maximum atomic E-state index is 14.0. The van der Waals surface area contributed by atoms with E-state index in [0.29, 0.717) is 26.4 Å². The zero-order chi connectivity index (χ0) is 23.5. The Bertz CT molecular complexity index is 1290. The van der Waals surface area contributed by atoms with Gasteiger partial charge in [-0.2, -0.15) is 0 Å². The molecule has 166 valence electrons. The molecule has 1 fully saturated rings. The van der Waals surface area contributed by atoms with E-state index in [0.717, 1.165) is 4.90 Å². The summed E-state index contributed by atoms with van der Waals surface area (Å²) in [6.45, 7) is -0.0555. The number of nitrogens with one attached hydrogen (secondary N) is 1. The van der Waals surface area contributed by atoms with E-state index in [4.69, 9.17) is 16.3 Å². The summed E-state index contributed by atoms with van der Waals surface area (Å²) < 4.78 is 20.4. The largest absolute Gasteiger partial charge is 0.488 e. The van der Waals surface area contributed by atoms with E-state index in [9.17, 15) is 18.8 Å². The molecule has 1 heterocycles. The van der Waals surface area contributed by atoms with Crippen molar-refractivity contribution in [2.75, 3.05) is 4.90 Å². The molecule has 0 radical (unpaired) electrons. The number of halogens is 3. The van der Waals surface area contributed by atoms with Crippen LogP contribution in [0, 0.1) is 5.82 Å². The highest BCUT2D eigenvalue weighted by Gasteiger charge is 2.37. The Morgan fingerprint density at radius 2 is 1.76 bits per heavy atom. The van der Waals surface area contributed by atoms with Crippen LogP contribution in [0.4, 0.5) is 14.9 Å². The number of hydrogen-bond acceptors (Lipinski definition) is 4. The zero-order valence-corrected chi connectivity index (χ0v) is 19.2. The molecule has 0 bridgehead atoms. The summed E-state index contributed by atoms with van der Waals surface area (Å²) in [5, 5.41) is 2.60. The lowest BCUT2D eigenvalue weighted by Crippen LogP contribution is -2.54. The first-order valence-electron chi connectivity index (χ1n) is 9.66. The molecule has 1 saturated heterocycles. The molecule has 1 aliphatic heterocycles. The molecule has 3 aromatic carbocycles. The average molecular weight is 530 g/mol. The van der Waals surface area contributed by atoms with E-state index in [1.165, 1.54) is 36.4 Å². The topological polar surface area (TPSA) is 75.7 Å². The van der Waals surface area contributed by atoms with E-state index >= 15 is 0 Å². The van der Waals surface area contributed by atoms with Crippen molar-refractivity contribution in [2.45, 2.75) is 6.61 Å². The van der Waals surface area contributed by atoms with Gasteiger partial charge in [-0.15, -0.1) is 0 Å². The molecule has 0 saturated carbocycles. The minimum atomic E-state index is -0.866. The van der Waals surface area contributed by atoms with Crippen LogP contribution in [-0.4, -0.2) is 17.8 Å². The second-order valence-electron chi connectivity index (χ2n) is 7.00. The van der Waals surface area contributed by atoms with Gasteiger partial charge in [0.25, 0.3) is 11.8 Å².